The molecular weight excluding hydrogens is 210 g/mol. The SMILES string of the molecule is CCCCCCC[CH2][Al+][CH2]C.O=PO. The Kier molecular flexibility index (Phi) is 23.3. The molecule has 82 valence electrons. The van der Waals surface area contributed by atoms with Crippen LogP contribution in [0.3, 0.4) is 0 Å². The summed E-state index contributed by atoms with van der Waals surface area (Å²) in [5.74, 6) is 0. The third-order valence-electron chi connectivity index (χ3n) is 2.05. The summed E-state index contributed by atoms with van der Waals surface area (Å²) in [6.07, 6.45) is 8.77. The largest absolute Gasteiger partial charge is 0.324 e. The molecule has 4 heteroatoms. The molecule has 1 N–H and O–H groups in total. The van der Waals surface area contributed by atoms with Gasteiger partial charge in [-0.25, -0.2) is 4.57 Å². The molecule has 2 nitrogen and oxygen atoms in total. The monoisotopic (exact) mass is 233 g/mol. The van der Waals surface area contributed by atoms with Crippen LogP contribution in [0.25, 0.3) is 0 Å². The van der Waals surface area contributed by atoms with Gasteiger partial charge in [-0.2, -0.15) is 0 Å². The Labute approximate surface area is 96.5 Å². The Hall–Kier alpha value is 0.592. The van der Waals surface area contributed by atoms with Crippen molar-refractivity contribution in [1.29, 1.82) is 0 Å². The molecule has 0 aromatic heterocycles. The Morgan fingerprint density at radius 3 is 2.07 bits per heavy atom. The van der Waals surface area contributed by atoms with Crippen molar-refractivity contribution >= 4 is 23.9 Å². The Morgan fingerprint density at radius 1 is 1.07 bits per heavy atom. The Morgan fingerprint density at radius 2 is 1.57 bits per heavy atom. The van der Waals surface area contributed by atoms with Crippen LogP contribution in [-0.4, -0.2) is 20.1 Å². The normalized spacial score (nSPS) is 9.07. The fourth-order valence-electron chi connectivity index (χ4n) is 1.27. The third kappa shape index (κ3) is 22.9. The predicted octanol–water partition coefficient (Wildman–Crippen LogP) is 4.09. The van der Waals surface area contributed by atoms with Crippen LogP contribution in [-0.2, 0) is 4.57 Å². The zero-order valence-electron chi connectivity index (χ0n) is 9.54. The molecule has 14 heavy (non-hydrogen) atoms. The van der Waals surface area contributed by atoms with Gasteiger partial charge in [-0.3, -0.25) is 0 Å². The van der Waals surface area contributed by atoms with Crippen molar-refractivity contribution in [3.63, 3.8) is 0 Å². The van der Waals surface area contributed by atoms with Crippen molar-refractivity contribution in [2.45, 2.75) is 62.9 Å². The van der Waals surface area contributed by atoms with Crippen LogP contribution in [0.15, 0.2) is 0 Å². The van der Waals surface area contributed by atoms with Crippen LogP contribution in [0.4, 0.5) is 0 Å². The van der Waals surface area contributed by atoms with E-state index in [-0.39, 0.29) is 0 Å². The number of hydrogen-bond acceptors (Lipinski definition) is 1. The maximum absolute atomic E-state index is 8.46. The van der Waals surface area contributed by atoms with E-state index in [0.717, 1.165) is 15.2 Å². The summed E-state index contributed by atoms with van der Waals surface area (Å²) in [7, 11) is -0.833. The van der Waals surface area contributed by atoms with Gasteiger partial charge < -0.3 is 4.89 Å². The van der Waals surface area contributed by atoms with Crippen molar-refractivity contribution in [1.82, 2.24) is 0 Å². The summed E-state index contributed by atoms with van der Waals surface area (Å²) in [6.45, 7) is 4.59. The third-order valence-corrected chi connectivity index (χ3v) is 3.44. The van der Waals surface area contributed by atoms with Crippen molar-refractivity contribution < 1.29 is 9.46 Å². The standard InChI is InChI=1S/C8H17.C2H5.Al.HO2P/c1-3-5-7-8-6-4-2;1-2;;1-3-2/h1,3-8H2,2H3;1H2,2H3;;(H,1,2)/q;;+1;. The molecule has 0 aliphatic rings. The maximum Gasteiger partial charge on any atom is 0.324 e. The number of hydrogen-bond donors (Lipinski definition) is 1. The fraction of sp³-hybridized carbons (Fsp3) is 1.00. The van der Waals surface area contributed by atoms with Crippen LogP contribution >= 0.6 is 8.69 Å². The van der Waals surface area contributed by atoms with Crippen LogP contribution < -0.4 is 0 Å². The average molecular weight is 233 g/mol. The molecule has 0 atom stereocenters. The fourth-order valence-corrected chi connectivity index (χ4v) is 2.26. The predicted molar refractivity (Wildman–Crippen MR) is 64.2 cm³/mol. The maximum atomic E-state index is 8.46. The van der Waals surface area contributed by atoms with E-state index in [0.29, 0.717) is 0 Å². The molecule has 0 spiro atoms. The first-order valence-corrected chi connectivity index (χ1v) is 8.01. The van der Waals surface area contributed by atoms with Crippen LogP contribution in [0.2, 0.25) is 10.6 Å². The van der Waals surface area contributed by atoms with Crippen LogP contribution in [0.1, 0.15) is 52.4 Å². The summed E-state index contributed by atoms with van der Waals surface area (Å²) in [5.41, 5.74) is 0. The van der Waals surface area contributed by atoms with E-state index in [1.54, 1.807) is 5.28 Å². The summed E-state index contributed by atoms with van der Waals surface area (Å²) in [6, 6.07) is 0. The molecule has 0 fully saturated rings. The van der Waals surface area contributed by atoms with E-state index < -0.39 is 8.69 Å². The first-order chi connectivity index (χ1) is 6.83. The minimum absolute atomic E-state index is 0.805. The molecule has 0 unspecified atom stereocenters. The Balaban J connectivity index is 0. The van der Waals surface area contributed by atoms with Gasteiger partial charge in [0.05, 0.1) is 0 Å². The molecular formula is C10H23AlO2P+. The van der Waals surface area contributed by atoms with Gasteiger partial charge in [0.25, 0.3) is 0 Å². The second-order valence-electron chi connectivity index (χ2n) is 3.34. The van der Waals surface area contributed by atoms with Crippen LogP contribution in [0, 0.1) is 0 Å². The topological polar surface area (TPSA) is 37.3 Å². The average Bonchev–Trinajstić information content (AvgIpc) is 2.18. The van der Waals surface area contributed by atoms with Crippen molar-refractivity contribution in [2.24, 2.45) is 0 Å². The molecule has 0 aromatic rings. The van der Waals surface area contributed by atoms with E-state index in [9.17, 15) is 0 Å². The van der Waals surface area contributed by atoms with Gasteiger partial charge in [0.15, 0.2) is 0 Å². The van der Waals surface area contributed by atoms with E-state index >= 15 is 0 Å². The molecule has 0 saturated carbocycles. The zero-order chi connectivity index (χ0) is 11.1. The van der Waals surface area contributed by atoms with Gasteiger partial charge in [0.1, 0.15) is 0 Å². The molecule has 0 amide bonds. The van der Waals surface area contributed by atoms with E-state index in [1.807, 2.05) is 0 Å². The van der Waals surface area contributed by atoms with E-state index in [4.69, 9.17) is 9.46 Å². The summed E-state index contributed by atoms with van der Waals surface area (Å²) in [5, 5.41) is 3.00. The van der Waals surface area contributed by atoms with Gasteiger partial charge in [-0.1, -0.05) is 0 Å². The van der Waals surface area contributed by atoms with Gasteiger partial charge in [0.2, 0.25) is 0 Å². The molecule has 0 saturated heterocycles. The van der Waals surface area contributed by atoms with E-state index in [2.05, 4.69) is 13.8 Å². The van der Waals surface area contributed by atoms with Gasteiger partial charge in [-0.05, 0) is 0 Å². The molecule has 0 aliphatic carbocycles. The summed E-state index contributed by atoms with van der Waals surface area (Å²) >= 11 is 0.805. The molecule has 0 aliphatic heterocycles. The second-order valence-corrected chi connectivity index (χ2v) is 5.47. The molecule has 0 aromatic carbocycles. The Bertz CT molecular complexity index is 94.1. The minimum atomic E-state index is -0.833. The van der Waals surface area contributed by atoms with Gasteiger partial charge in [0, 0.05) is 0 Å². The van der Waals surface area contributed by atoms with Crippen molar-refractivity contribution in [3.8, 4) is 0 Å². The second kappa shape index (κ2) is 19.2. The number of unbranched alkanes of at least 4 members (excludes halogenated alkanes) is 5. The quantitative estimate of drug-likeness (QED) is 0.389. The zero-order valence-corrected chi connectivity index (χ0v) is 11.6. The smallest absolute Gasteiger partial charge is 0.310 e. The molecule has 0 bridgehead atoms. The first-order valence-electron chi connectivity index (χ1n) is 5.61. The minimum Gasteiger partial charge on any atom is -0.310 e. The molecule has 0 radical (unpaired) electrons. The summed E-state index contributed by atoms with van der Waals surface area (Å²) in [4.78, 5) is 6.99. The van der Waals surface area contributed by atoms with Crippen molar-refractivity contribution in [3.05, 3.63) is 0 Å². The van der Waals surface area contributed by atoms with Crippen molar-refractivity contribution in [2.75, 3.05) is 0 Å². The van der Waals surface area contributed by atoms with Gasteiger partial charge in [-0.15, -0.1) is 0 Å². The van der Waals surface area contributed by atoms with Gasteiger partial charge >= 0.3 is 86.8 Å². The molecule has 0 rings (SSSR count). The first kappa shape index (κ1) is 17.0. The molecule has 0 heterocycles. The summed E-state index contributed by atoms with van der Waals surface area (Å²) < 4.78 is 8.46. The van der Waals surface area contributed by atoms with Crippen LogP contribution in [0.5, 0.6) is 0 Å². The van der Waals surface area contributed by atoms with E-state index in [1.165, 1.54) is 43.8 Å². The number of rotatable bonds is 8.